The van der Waals surface area contributed by atoms with E-state index < -0.39 is 0 Å². The van der Waals surface area contributed by atoms with Crippen molar-refractivity contribution in [2.24, 2.45) is 0 Å². The van der Waals surface area contributed by atoms with Crippen LogP contribution >= 0.6 is 0 Å². The number of aromatic nitrogens is 3. The zero-order valence-electron chi connectivity index (χ0n) is 14.2. The Morgan fingerprint density at radius 3 is 2.88 bits per heavy atom. The molecule has 1 aliphatic rings. The lowest BCUT2D eigenvalue weighted by molar-refractivity contribution is -0.121. The number of carbonyl (C=O) groups excluding carboxylic acids is 2. The number of fused-ring (bicyclic) bond motifs is 1. The third-order valence-electron chi connectivity index (χ3n) is 4.07. The van der Waals surface area contributed by atoms with Crippen LogP contribution in [-0.2, 0) is 11.2 Å². The Balaban J connectivity index is 1.80. The normalized spacial score (nSPS) is 14.0. The second-order valence-corrected chi connectivity index (χ2v) is 5.97. The van der Waals surface area contributed by atoms with Gasteiger partial charge >= 0.3 is 0 Å². The van der Waals surface area contributed by atoms with Crippen molar-refractivity contribution in [2.45, 2.75) is 26.2 Å². The molecule has 0 bridgehead atoms. The van der Waals surface area contributed by atoms with Gasteiger partial charge in [0.05, 0.1) is 17.8 Å². The van der Waals surface area contributed by atoms with Gasteiger partial charge in [-0.2, -0.15) is 0 Å². The van der Waals surface area contributed by atoms with Gasteiger partial charge < -0.3 is 10.2 Å². The maximum atomic E-state index is 12.7. The minimum atomic E-state index is -0.180. The van der Waals surface area contributed by atoms with Crippen molar-refractivity contribution in [3.63, 3.8) is 0 Å². The monoisotopic (exact) mass is 339 g/mol. The van der Waals surface area contributed by atoms with Crippen LogP contribution < -0.4 is 5.32 Å². The maximum absolute atomic E-state index is 12.7. The van der Waals surface area contributed by atoms with Gasteiger partial charge in [-0.05, 0) is 31.4 Å². The molecule has 2 aromatic heterocycles. The Morgan fingerprint density at radius 1 is 1.32 bits per heavy atom. The molecule has 7 nitrogen and oxygen atoms in total. The van der Waals surface area contributed by atoms with Crippen LogP contribution in [0.4, 0.5) is 0 Å². The summed E-state index contributed by atoms with van der Waals surface area (Å²) in [6.45, 7) is 3.23. The highest BCUT2D eigenvalue weighted by molar-refractivity contribution is 5.97. The first-order valence-electron chi connectivity index (χ1n) is 8.51. The average Bonchev–Trinajstić information content (AvgIpc) is 2.80. The van der Waals surface area contributed by atoms with Gasteiger partial charge in [0.1, 0.15) is 0 Å². The molecule has 7 heteroatoms. The second kappa shape index (κ2) is 7.83. The average molecular weight is 339 g/mol. The van der Waals surface area contributed by atoms with Gasteiger partial charge in [-0.1, -0.05) is 6.92 Å². The quantitative estimate of drug-likeness (QED) is 0.891. The third-order valence-corrected chi connectivity index (χ3v) is 4.07. The van der Waals surface area contributed by atoms with Crippen LogP contribution in [0, 0.1) is 0 Å². The summed E-state index contributed by atoms with van der Waals surface area (Å²) in [4.78, 5) is 39.2. The number of pyridine rings is 1. The van der Waals surface area contributed by atoms with Gasteiger partial charge in [-0.25, -0.2) is 9.97 Å². The Morgan fingerprint density at radius 2 is 2.12 bits per heavy atom. The van der Waals surface area contributed by atoms with Gasteiger partial charge in [0, 0.05) is 37.2 Å². The highest BCUT2D eigenvalue weighted by Crippen LogP contribution is 2.20. The summed E-state index contributed by atoms with van der Waals surface area (Å²) in [5.74, 6) is 0.275. The number of carbonyl (C=O) groups is 2. The Labute approximate surface area is 146 Å². The molecule has 0 unspecified atom stereocenters. The standard InChI is InChI=1S/C18H21N5O2/c1-2-7-20-16(24)12-23-10-3-4-15-14(18(23)25)11-21-17(22-15)13-5-8-19-9-6-13/h5-6,8-9,11H,2-4,7,10,12H2,1H3,(H,20,24). The summed E-state index contributed by atoms with van der Waals surface area (Å²) in [5.41, 5.74) is 2.09. The molecule has 0 fully saturated rings. The lowest BCUT2D eigenvalue weighted by atomic mass is 10.1. The van der Waals surface area contributed by atoms with Crippen LogP contribution in [-0.4, -0.2) is 51.3 Å². The van der Waals surface area contributed by atoms with Crippen molar-refractivity contribution in [2.75, 3.05) is 19.6 Å². The van der Waals surface area contributed by atoms with E-state index in [1.54, 1.807) is 23.5 Å². The van der Waals surface area contributed by atoms with Crippen LogP contribution in [0.15, 0.2) is 30.7 Å². The van der Waals surface area contributed by atoms with E-state index in [0.29, 0.717) is 30.9 Å². The molecular weight excluding hydrogens is 318 g/mol. The molecule has 0 aromatic carbocycles. The zero-order valence-corrected chi connectivity index (χ0v) is 14.2. The summed E-state index contributed by atoms with van der Waals surface area (Å²) < 4.78 is 0. The van der Waals surface area contributed by atoms with Gasteiger partial charge in [-0.15, -0.1) is 0 Å². The molecule has 130 valence electrons. The van der Waals surface area contributed by atoms with Gasteiger partial charge in [0.2, 0.25) is 5.91 Å². The molecule has 0 spiro atoms. The molecule has 2 aromatic rings. The molecule has 3 heterocycles. The van der Waals surface area contributed by atoms with E-state index in [4.69, 9.17) is 0 Å². The minimum absolute atomic E-state index is 0.0738. The second-order valence-electron chi connectivity index (χ2n) is 5.97. The van der Waals surface area contributed by atoms with Gasteiger partial charge in [0.25, 0.3) is 5.91 Å². The predicted octanol–water partition coefficient (Wildman–Crippen LogP) is 1.45. The smallest absolute Gasteiger partial charge is 0.257 e. The minimum Gasteiger partial charge on any atom is -0.355 e. The largest absolute Gasteiger partial charge is 0.355 e. The number of nitrogens with one attached hydrogen (secondary N) is 1. The van der Waals surface area contributed by atoms with Crippen LogP contribution in [0.2, 0.25) is 0 Å². The maximum Gasteiger partial charge on any atom is 0.257 e. The fraction of sp³-hybridized carbons (Fsp3) is 0.389. The fourth-order valence-corrected chi connectivity index (χ4v) is 2.78. The molecule has 0 radical (unpaired) electrons. The van der Waals surface area contributed by atoms with Crippen LogP contribution in [0.3, 0.4) is 0 Å². The Bertz CT molecular complexity index is 763. The predicted molar refractivity (Wildman–Crippen MR) is 92.8 cm³/mol. The van der Waals surface area contributed by atoms with Crippen LogP contribution in [0.5, 0.6) is 0 Å². The van der Waals surface area contributed by atoms with E-state index >= 15 is 0 Å². The number of hydrogen-bond donors (Lipinski definition) is 1. The lowest BCUT2D eigenvalue weighted by Crippen LogP contribution is -2.41. The summed E-state index contributed by atoms with van der Waals surface area (Å²) in [6, 6.07) is 3.68. The van der Waals surface area contributed by atoms with Crippen molar-refractivity contribution in [1.29, 1.82) is 0 Å². The van der Waals surface area contributed by atoms with Gasteiger partial charge in [-0.3, -0.25) is 14.6 Å². The van der Waals surface area contributed by atoms with E-state index in [0.717, 1.165) is 24.1 Å². The number of amides is 2. The third kappa shape index (κ3) is 3.99. The molecule has 25 heavy (non-hydrogen) atoms. The highest BCUT2D eigenvalue weighted by atomic mass is 16.2. The number of rotatable bonds is 5. The van der Waals surface area contributed by atoms with Gasteiger partial charge in [0.15, 0.2) is 5.82 Å². The summed E-state index contributed by atoms with van der Waals surface area (Å²) >= 11 is 0. The van der Waals surface area contributed by atoms with E-state index in [9.17, 15) is 9.59 Å². The van der Waals surface area contributed by atoms with Crippen molar-refractivity contribution < 1.29 is 9.59 Å². The molecule has 1 N–H and O–H groups in total. The van der Waals surface area contributed by atoms with Crippen molar-refractivity contribution in [3.05, 3.63) is 42.0 Å². The SMILES string of the molecule is CCCNC(=O)CN1CCCc2nc(-c3ccncc3)ncc2C1=O. The lowest BCUT2D eigenvalue weighted by Gasteiger charge is -2.20. The molecule has 0 saturated heterocycles. The topological polar surface area (TPSA) is 88.1 Å². The van der Waals surface area contributed by atoms with E-state index in [1.165, 1.54) is 0 Å². The molecular formula is C18H21N5O2. The highest BCUT2D eigenvalue weighted by Gasteiger charge is 2.25. The van der Waals surface area contributed by atoms with Crippen LogP contribution in [0.25, 0.3) is 11.4 Å². The summed E-state index contributed by atoms with van der Waals surface area (Å²) in [7, 11) is 0. The first-order valence-corrected chi connectivity index (χ1v) is 8.51. The van der Waals surface area contributed by atoms with Crippen LogP contribution in [0.1, 0.15) is 35.8 Å². The number of aryl methyl sites for hydroxylation is 1. The summed E-state index contributed by atoms with van der Waals surface area (Å²) in [5, 5.41) is 2.81. The Hall–Kier alpha value is -2.83. The van der Waals surface area contributed by atoms with Crippen molar-refractivity contribution in [1.82, 2.24) is 25.2 Å². The molecule has 0 atom stereocenters. The molecule has 0 saturated carbocycles. The molecule has 2 amide bonds. The van der Waals surface area contributed by atoms with E-state index in [1.807, 2.05) is 19.1 Å². The first-order chi connectivity index (χ1) is 12.2. The Kier molecular flexibility index (Phi) is 5.33. The van der Waals surface area contributed by atoms with Crippen molar-refractivity contribution >= 4 is 11.8 Å². The molecule has 0 aliphatic carbocycles. The van der Waals surface area contributed by atoms with E-state index in [-0.39, 0.29) is 18.4 Å². The zero-order chi connectivity index (χ0) is 17.6. The molecule has 1 aliphatic heterocycles. The van der Waals surface area contributed by atoms with Crippen molar-refractivity contribution in [3.8, 4) is 11.4 Å². The molecule has 3 rings (SSSR count). The summed E-state index contributed by atoms with van der Waals surface area (Å²) in [6.07, 6.45) is 7.27. The first kappa shape index (κ1) is 17.0. The fourth-order valence-electron chi connectivity index (χ4n) is 2.78. The van der Waals surface area contributed by atoms with E-state index in [2.05, 4.69) is 20.3 Å². The number of hydrogen-bond acceptors (Lipinski definition) is 5. The number of nitrogens with zero attached hydrogens (tertiary/aromatic N) is 4.